The summed E-state index contributed by atoms with van der Waals surface area (Å²) in [5.74, 6) is 0.389. The Kier molecular flexibility index (Phi) is 3.38. The van der Waals surface area contributed by atoms with E-state index >= 15 is 0 Å². The number of aromatic amines is 1. The Morgan fingerprint density at radius 1 is 1.44 bits per heavy atom. The molecule has 3 N–H and O–H groups in total. The molecule has 6 nitrogen and oxygen atoms in total. The number of para-hydroxylation sites is 1. The maximum atomic E-state index is 11.2. The van der Waals surface area contributed by atoms with Gasteiger partial charge in [-0.15, -0.1) is 0 Å². The summed E-state index contributed by atoms with van der Waals surface area (Å²) in [5, 5.41) is 13.4. The highest BCUT2D eigenvalue weighted by molar-refractivity contribution is 5.83. The number of rotatable bonds is 3. The molecule has 0 fully saturated rings. The fourth-order valence-corrected chi connectivity index (χ4v) is 1.39. The standard InChI is InChI=1S/C12H12N4O2/c1-8-6-11(18)15-12(14-8)16-13-7-9-4-2-3-5-10(9)17/h2-7,17H,1H3,(H2,14,15,16,18)/b13-7+. The maximum Gasteiger partial charge on any atom is 0.252 e. The van der Waals surface area contributed by atoms with Crippen LogP contribution in [0.1, 0.15) is 11.3 Å². The highest BCUT2D eigenvalue weighted by Crippen LogP contribution is 2.12. The van der Waals surface area contributed by atoms with Gasteiger partial charge in [0.2, 0.25) is 5.95 Å². The van der Waals surface area contributed by atoms with Crippen LogP contribution >= 0.6 is 0 Å². The van der Waals surface area contributed by atoms with E-state index in [9.17, 15) is 9.90 Å². The highest BCUT2D eigenvalue weighted by Gasteiger charge is 1.97. The number of hydrogen-bond acceptors (Lipinski definition) is 5. The Morgan fingerprint density at radius 2 is 2.22 bits per heavy atom. The molecule has 0 bridgehead atoms. The van der Waals surface area contributed by atoms with Gasteiger partial charge in [0.05, 0.1) is 6.21 Å². The van der Waals surface area contributed by atoms with Gasteiger partial charge in [-0.1, -0.05) is 12.1 Å². The maximum absolute atomic E-state index is 11.2. The number of benzene rings is 1. The third kappa shape index (κ3) is 2.94. The second-order valence-corrected chi connectivity index (χ2v) is 3.66. The van der Waals surface area contributed by atoms with E-state index in [1.165, 1.54) is 12.3 Å². The van der Waals surface area contributed by atoms with Crippen LogP contribution in [-0.2, 0) is 0 Å². The summed E-state index contributed by atoms with van der Waals surface area (Å²) < 4.78 is 0. The van der Waals surface area contributed by atoms with Gasteiger partial charge in [-0.25, -0.2) is 10.4 Å². The van der Waals surface area contributed by atoms with Crippen LogP contribution < -0.4 is 11.0 Å². The minimum Gasteiger partial charge on any atom is -0.507 e. The number of aryl methyl sites for hydroxylation is 1. The topological polar surface area (TPSA) is 90.4 Å². The highest BCUT2D eigenvalue weighted by atomic mass is 16.3. The van der Waals surface area contributed by atoms with Crippen LogP contribution in [0.25, 0.3) is 0 Å². The summed E-state index contributed by atoms with van der Waals surface area (Å²) in [7, 11) is 0. The molecule has 0 saturated carbocycles. The van der Waals surface area contributed by atoms with Crippen LogP contribution in [0, 0.1) is 6.92 Å². The summed E-state index contributed by atoms with van der Waals surface area (Å²) in [4.78, 5) is 17.7. The number of nitrogens with zero attached hydrogens (tertiary/aromatic N) is 2. The monoisotopic (exact) mass is 244 g/mol. The fourth-order valence-electron chi connectivity index (χ4n) is 1.39. The van der Waals surface area contributed by atoms with Crippen molar-refractivity contribution in [3.63, 3.8) is 0 Å². The van der Waals surface area contributed by atoms with Crippen LogP contribution in [0.15, 0.2) is 40.2 Å². The molecule has 0 amide bonds. The molecule has 2 aromatic rings. The molecule has 0 aliphatic rings. The molecular weight excluding hydrogens is 232 g/mol. The number of anilines is 1. The lowest BCUT2D eigenvalue weighted by molar-refractivity contribution is 0.474. The van der Waals surface area contributed by atoms with E-state index in [2.05, 4.69) is 20.5 Å². The Bertz CT molecular complexity index is 634. The van der Waals surface area contributed by atoms with Crippen molar-refractivity contribution in [1.82, 2.24) is 9.97 Å². The summed E-state index contributed by atoms with van der Waals surface area (Å²) in [6.45, 7) is 1.72. The predicted octanol–water partition coefficient (Wildman–Crippen LogP) is 1.23. The van der Waals surface area contributed by atoms with E-state index in [1.807, 2.05) is 0 Å². The number of hydrazone groups is 1. The number of aromatic hydroxyl groups is 1. The van der Waals surface area contributed by atoms with Gasteiger partial charge in [-0.2, -0.15) is 5.10 Å². The Hall–Kier alpha value is -2.63. The average Bonchev–Trinajstić information content (AvgIpc) is 2.30. The molecule has 1 heterocycles. The van der Waals surface area contributed by atoms with Crippen molar-refractivity contribution in [2.24, 2.45) is 5.10 Å². The first-order valence-electron chi connectivity index (χ1n) is 5.30. The minimum atomic E-state index is -0.247. The molecule has 1 aromatic carbocycles. The van der Waals surface area contributed by atoms with Gasteiger partial charge >= 0.3 is 0 Å². The van der Waals surface area contributed by atoms with E-state index in [0.717, 1.165) is 0 Å². The number of nitrogens with one attached hydrogen (secondary N) is 2. The molecule has 1 aromatic heterocycles. The predicted molar refractivity (Wildman–Crippen MR) is 68.9 cm³/mol. The van der Waals surface area contributed by atoms with Crippen molar-refractivity contribution in [2.45, 2.75) is 6.92 Å². The third-order valence-corrected chi connectivity index (χ3v) is 2.18. The van der Waals surface area contributed by atoms with Gasteiger partial charge in [0.15, 0.2) is 0 Å². The first kappa shape index (κ1) is 11.8. The molecule has 2 rings (SSSR count). The van der Waals surface area contributed by atoms with Gasteiger partial charge in [-0.3, -0.25) is 9.78 Å². The van der Waals surface area contributed by atoms with Crippen molar-refractivity contribution in [2.75, 3.05) is 5.43 Å². The third-order valence-electron chi connectivity index (χ3n) is 2.18. The molecule has 0 aliphatic carbocycles. The van der Waals surface area contributed by atoms with E-state index in [1.54, 1.807) is 31.2 Å². The van der Waals surface area contributed by atoms with Gasteiger partial charge in [0.1, 0.15) is 5.75 Å². The van der Waals surface area contributed by atoms with Crippen molar-refractivity contribution in [3.05, 3.63) is 51.9 Å². The molecular formula is C12H12N4O2. The van der Waals surface area contributed by atoms with Crippen LogP contribution in [0.3, 0.4) is 0 Å². The first-order chi connectivity index (χ1) is 8.65. The van der Waals surface area contributed by atoms with Crippen molar-refractivity contribution in [1.29, 1.82) is 0 Å². The molecule has 6 heteroatoms. The van der Waals surface area contributed by atoms with Crippen LogP contribution in [0.2, 0.25) is 0 Å². The van der Waals surface area contributed by atoms with E-state index in [0.29, 0.717) is 11.3 Å². The molecule has 0 aliphatic heterocycles. The molecule has 92 valence electrons. The van der Waals surface area contributed by atoms with E-state index in [-0.39, 0.29) is 17.3 Å². The number of hydrogen-bond donors (Lipinski definition) is 3. The van der Waals surface area contributed by atoms with Gasteiger partial charge in [0, 0.05) is 17.3 Å². The van der Waals surface area contributed by atoms with Crippen LogP contribution in [0.5, 0.6) is 5.75 Å². The zero-order chi connectivity index (χ0) is 13.0. The summed E-state index contributed by atoms with van der Waals surface area (Å²) >= 11 is 0. The van der Waals surface area contributed by atoms with Gasteiger partial charge in [0.25, 0.3) is 5.56 Å². The van der Waals surface area contributed by atoms with E-state index in [4.69, 9.17) is 0 Å². The minimum absolute atomic E-state index is 0.133. The second-order valence-electron chi connectivity index (χ2n) is 3.66. The summed E-state index contributed by atoms with van der Waals surface area (Å²) in [6, 6.07) is 8.17. The number of aromatic nitrogens is 2. The molecule has 0 radical (unpaired) electrons. The fraction of sp³-hybridized carbons (Fsp3) is 0.0833. The Balaban J connectivity index is 2.12. The Labute approximate surface area is 103 Å². The Morgan fingerprint density at radius 3 is 2.94 bits per heavy atom. The largest absolute Gasteiger partial charge is 0.507 e. The zero-order valence-corrected chi connectivity index (χ0v) is 9.71. The number of phenols is 1. The molecule has 0 unspecified atom stereocenters. The lowest BCUT2D eigenvalue weighted by atomic mass is 10.2. The molecule has 18 heavy (non-hydrogen) atoms. The molecule has 0 spiro atoms. The van der Waals surface area contributed by atoms with Crippen molar-refractivity contribution in [3.8, 4) is 5.75 Å². The molecule has 0 atom stereocenters. The van der Waals surface area contributed by atoms with Crippen LogP contribution in [-0.4, -0.2) is 21.3 Å². The number of H-pyrrole nitrogens is 1. The average molecular weight is 244 g/mol. The van der Waals surface area contributed by atoms with Crippen LogP contribution in [0.4, 0.5) is 5.95 Å². The lowest BCUT2D eigenvalue weighted by Crippen LogP contribution is -2.10. The summed E-state index contributed by atoms with van der Waals surface area (Å²) in [5.41, 5.74) is 3.51. The quantitative estimate of drug-likeness (QED) is 0.559. The normalized spacial score (nSPS) is 10.7. The first-order valence-corrected chi connectivity index (χ1v) is 5.30. The second kappa shape index (κ2) is 5.13. The smallest absolute Gasteiger partial charge is 0.252 e. The zero-order valence-electron chi connectivity index (χ0n) is 9.71. The SMILES string of the molecule is Cc1cc(=O)[nH]c(N/N=C/c2ccccc2O)n1. The summed E-state index contributed by atoms with van der Waals surface area (Å²) in [6.07, 6.45) is 1.44. The van der Waals surface area contributed by atoms with Crippen molar-refractivity contribution < 1.29 is 5.11 Å². The molecule has 0 saturated heterocycles. The van der Waals surface area contributed by atoms with Crippen molar-refractivity contribution >= 4 is 12.2 Å². The van der Waals surface area contributed by atoms with Gasteiger partial charge in [-0.05, 0) is 19.1 Å². The number of phenolic OH excluding ortho intramolecular Hbond substituents is 1. The lowest BCUT2D eigenvalue weighted by Gasteiger charge is -2.00. The van der Waals surface area contributed by atoms with Gasteiger partial charge < -0.3 is 5.11 Å². The van der Waals surface area contributed by atoms with E-state index < -0.39 is 0 Å².